The first-order valence-electron chi connectivity index (χ1n) is 7.33. The van der Waals surface area contributed by atoms with Gasteiger partial charge in [0.1, 0.15) is 0 Å². The number of rotatable bonds is 6. The maximum atomic E-state index is 11.8. The molecule has 1 saturated carbocycles. The van der Waals surface area contributed by atoms with E-state index >= 15 is 0 Å². The molecule has 1 amide bonds. The highest BCUT2D eigenvalue weighted by Crippen LogP contribution is 2.26. The van der Waals surface area contributed by atoms with Crippen LogP contribution in [0.4, 0.5) is 0 Å². The smallest absolute Gasteiger partial charge is 0.221 e. The highest BCUT2D eigenvalue weighted by molar-refractivity contribution is 5.85. The van der Waals surface area contributed by atoms with Gasteiger partial charge in [-0.3, -0.25) is 4.79 Å². The van der Waals surface area contributed by atoms with Crippen LogP contribution in [0.5, 0.6) is 0 Å². The number of amides is 1. The fraction of sp³-hybridized carbons (Fsp3) is 0.562. The fourth-order valence-electron chi connectivity index (χ4n) is 2.80. The summed E-state index contributed by atoms with van der Waals surface area (Å²) < 4.78 is 0. The van der Waals surface area contributed by atoms with Gasteiger partial charge in [0.2, 0.25) is 5.91 Å². The molecule has 3 nitrogen and oxygen atoms in total. The lowest BCUT2D eigenvalue weighted by Crippen LogP contribution is -2.29. The number of halogens is 1. The van der Waals surface area contributed by atoms with E-state index in [2.05, 4.69) is 5.32 Å². The van der Waals surface area contributed by atoms with Crippen LogP contribution < -0.4 is 11.1 Å². The third-order valence-electron chi connectivity index (χ3n) is 3.98. The first-order chi connectivity index (χ1) is 9.25. The van der Waals surface area contributed by atoms with E-state index in [9.17, 15) is 4.79 Å². The summed E-state index contributed by atoms with van der Waals surface area (Å²) in [4.78, 5) is 11.8. The minimum absolute atomic E-state index is 0. The van der Waals surface area contributed by atoms with Gasteiger partial charge < -0.3 is 11.1 Å². The van der Waals surface area contributed by atoms with Gasteiger partial charge in [-0.05, 0) is 17.9 Å². The van der Waals surface area contributed by atoms with Crippen LogP contribution in [0.25, 0.3) is 0 Å². The fourth-order valence-corrected chi connectivity index (χ4v) is 2.80. The van der Waals surface area contributed by atoms with Crippen molar-refractivity contribution in [3.8, 4) is 0 Å². The van der Waals surface area contributed by atoms with E-state index in [-0.39, 0.29) is 24.4 Å². The molecular weight excluding hydrogens is 272 g/mol. The zero-order valence-electron chi connectivity index (χ0n) is 11.9. The molecule has 20 heavy (non-hydrogen) atoms. The lowest BCUT2D eigenvalue weighted by molar-refractivity contribution is -0.121. The van der Waals surface area contributed by atoms with Gasteiger partial charge in [0.05, 0.1) is 0 Å². The van der Waals surface area contributed by atoms with Crippen molar-refractivity contribution in [3.63, 3.8) is 0 Å². The summed E-state index contributed by atoms with van der Waals surface area (Å²) in [6, 6.07) is 9.60. The normalized spacial score (nSPS) is 16.4. The minimum atomic E-state index is -0.201. The summed E-state index contributed by atoms with van der Waals surface area (Å²) in [6.07, 6.45) is 6.87. The molecule has 1 aliphatic rings. The summed E-state index contributed by atoms with van der Waals surface area (Å²) in [6.45, 7) is 0.797. The van der Waals surface area contributed by atoms with Crippen LogP contribution in [0.1, 0.15) is 50.1 Å². The number of nitrogens with two attached hydrogens (primary N) is 1. The Kier molecular flexibility index (Phi) is 7.63. The van der Waals surface area contributed by atoms with Crippen molar-refractivity contribution < 1.29 is 4.79 Å². The molecule has 0 saturated heterocycles. The third-order valence-corrected chi connectivity index (χ3v) is 3.98. The zero-order chi connectivity index (χ0) is 13.5. The van der Waals surface area contributed by atoms with Gasteiger partial charge in [0.25, 0.3) is 0 Å². The van der Waals surface area contributed by atoms with Crippen LogP contribution >= 0.6 is 12.4 Å². The van der Waals surface area contributed by atoms with Crippen molar-refractivity contribution >= 4 is 18.3 Å². The van der Waals surface area contributed by atoms with Crippen molar-refractivity contribution in [1.29, 1.82) is 0 Å². The van der Waals surface area contributed by atoms with Gasteiger partial charge in [0, 0.05) is 19.0 Å². The van der Waals surface area contributed by atoms with E-state index < -0.39 is 0 Å². The molecule has 1 fully saturated rings. The summed E-state index contributed by atoms with van der Waals surface area (Å²) in [5.41, 5.74) is 7.05. The third kappa shape index (κ3) is 5.51. The quantitative estimate of drug-likeness (QED) is 0.847. The average Bonchev–Trinajstić information content (AvgIpc) is 2.93. The maximum absolute atomic E-state index is 11.8. The Morgan fingerprint density at radius 2 is 1.90 bits per heavy atom. The van der Waals surface area contributed by atoms with E-state index in [0.29, 0.717) is 6.42 Å². The van der Waals surface area contributed by atoms with Gasteiger partial charge in [-0.25, -0.2) is 0 Å². The second kappa shape index (κ2) is 8.98. The molecule has 0 spiro atoms. The SMILES string of the molecule is Cl.NC(CC(=O)NCCC1CCCC1)c1ccccc1. The van der Waals surface area contributed by atoms with Crippen molar-refractivity contribution in [2.45, 2.75) is 44.6 Å². The Morgan fingerprint density at radius 3 is 2.55 bits per heavy atom. The van der Waals surface area contributed by atoms with Crippen LogP contribution in [-0.4, -0.2) is 12.5 Å². The predicted molar refractivity (Wildman–Crippen MR) is 84.8 cm³/mol. The standard InChI is InChI=1S/C16H24N2O.ClH/c17-15(14-8-2-1-3-9-14)12-16(19)18-11-10-13-6-4-5-7-13;/h1-3,8-9,13,15H,4-7,10-12,17H2,(H,18,19);1H. The summed E-state index contributed by atoms with van der Waals surface area (Å²) >= 11 is 0. The number of carbonyl (C=O) groups is 1. The molecule has 4 heteroatoms. The molecule has 2 rings (SSSR count). The van der Waals surface area contributed by atoms with Gasteiger partial charge in [-0.15, -0.1) is 12.4 Å². The maximum Gasteiger partial charge on any atom is 0.221 e. The van der Waals surface area contributed by atoms with Gasteiger partial charge in [-0.1, -0.05) is 56.0 Å². The Hall–Kier alpha value is -1.06. The first kappa shape index (κ1) is 17.0. The van der Waals surface area contributed by atoms with Crippen LogP contribution in [-0.2, 0) is 4.79 Å². The van der Waals surface area contributed by atoms with E-state index in [1.807, 2.05) is 30.3 Å². The molecular formula is C16H25ClN2O. The van der Waals surface area contributed by atoms with Crippen LogP contribution in [0.15, 0.2) is 30.3 Å². The molecule has 0 aromatic heterocycles. The van der Waals surface area contributed by atoms with E-state index in [1.54, 1.807) is 0 Å². The van der Waals surface area contributed by atoms with Crippen molar-refractivity contribution in [2.24, 2.45) is 11.7 Å². The molecule has 112 valence electrons. The summed E-state index contributed by atoms with van der Waals surface area (Å²) in [5.74, 6) is 0.887. The number of carbonyl (C=O) groups excluding carboxylic acids is 1. The molecule has 3 N–H and O–H groups in total. The zero-order valence-corrected chi connectivity index (χ0v) is 12.7. The summed E-state index contributed by atoms with van der Waals surface area (Å²) in [5, 5.41) is 2.99. The molecule has 1 aromatic carbocycles. The van der Waals surface area contributed by atoms with E-state index in [4.69, 9.17) is 5.73 Å². The van der Waals surface area contributed by atoms with Gasteiger partial charge in [0.15, 0.2) is 0 Å². The van der Waals surface area contributed by atoms with Gasteiger partial charge >= 0.3 is 0 Å². The first-order valence-corrected chi connectivity index (χ1v) is 7.33. The second-order valence-electron chi connectivity index (χ2n) is 5.51. The van der Waals surface area contributed by atoms with Crippen LogP contribution in [0, 0.1) is 5.92 Å². The van der Waals surface area contributed by atoms with Crippen LogP contribution in [0.2, 0.25) is 0 Å². The average molecular weight is 297 g/mol. The molecule has 0 bridgehead atoms. The molecule has 0 heterocycles. The second-order valence-corrected chi connectivity index (χ2v) is 5.51. The van der Waals surface area contributed by atoms with E-state index in [1.165, 1.54) is 25.7 Å². The van der Waals surface area contributed by atoms with Crippen molar-refractivity contribution in [1.82, 2.24) is 5.32 Å². The van der Waals surface area contributed by atoms with Crippen molar-refractivity contribution in [3.05, 3.63) is 35.9 Å². The Balaban J connectivity index is 0.00000200. The lowest BCUT2D eigenvalue weighted by atomic mass is 10.0. The summed E-state index contributed by atoms with van der Waals surface area (Å²) in [7, 11) is 0. The minimum Gasteiger partial charge on any atom is -0.356 e. The highest BCUT2D eigenvalue weighted by Gasteiger charge is 2.15. The number of nitrogens with one attached hydrogen (secondary N) is 1. The van der Waals surface area contributed by atoms with Gasteiger partial charge in [-0.2, -0.15) is 0 Å². The lowest BCUT2D eigenvalue weighted by Gasteiger charge is -2.13. The van der Waals surface area contributed by atoms with Crippen LogP contribution in [0.3, 0.4) is 0 Å². The Labute approximate surface area is 127 Å². The monoisotopic (exact) mass is 296 g/mol. The topological polar surface area (TPSA) is 55.1 Å². The molecule has 1 atom stereocenters. The molecule has 1 unspecified atom stereocenters. The molecule has 1 aromatic rings. The predicted octanol–water partition coefficient (Wildman–Crippen LogP) is 3.19. The molecule has 1 aliphatic carbocycles. The Morgan fingerprint density at radius 1 is 1.25 bits per heavy atom. The van der Waals surface area contributed by atoms with E-state index in [0.717, 1.165) is 24.4 Å². The number of hydrogen-bond donors (Lipinski definition) is 2. The Bertz CT molecular complexity index is 391. The largest absolute Gasteiger partial charge is 0.356 e. The molecule has 0 aliphatic heterocycles. The highest BCUT2D eigenvalue weighted by atomic mass is 35.5. The number of benzene rings is 1. The molecule has 0 radical (unpaired) electrons. The van der Waals surface area contributed by atoms with Crippen molar-refractivity contribution in [2.75, 3.05) is 6.54 Å². The number of hydrogen-bond acceptors (Lipinski definition) is 2.